The van der Waals surface area contributed by atoms with Gasteiger partial charge in [0.05, 0.1) is 11.0 Å². The Balaban J connectivity index is 2.74. The molecular formula is C9H8N2O. The van der Waals surface area contributed by atoms with Crippen LogP contribution < -0.4 is 0 Å². The molecule has 0 unspecified atom stereocenters. The minimum absolute atomic E-state index is 0.601. The lowest BCUT2D eigenvalue weighted by Crippen LogP contribution is -1.81. The largest absolute Gasteiger partial charge is 0.357 e. The van der Waals surface area contributed by atoms with E-state index in [0.717, 1.165) is 23.0 Å². The average molecular weight is 160 g/mol. The Bertz CT molecular complexity index is 431. The van der Waals surface area contributed by atoms with E-state index in [1.807, 2.05) is 13.0 Å². The first-order valence-corrected chi connectivity index (χ1v) is 3.70. The number of pyridine rings is 1. The fraction of sp³-hybridized carbons (Fsp3) is 0.111. The topological polar surface area (TPSA) is 45.8 Å². The molecule has 0 aliphatic rings. The Labute approximate surface area is 69.4 Å². The standard InChI is InChI=1S/C9H8N2O/c1-6-2-8-9(11-6)3-7(5-12)4-10-8/h2-5,11H,1H3. The summed E-state index contributed by atoms with van der Waals surface area (Å²) in [4.78, 5) is 17.6. The van der Waals surface area contributed by atoms with Crippen molar-refractivity contribution in [3.63, 3.8) is 0 Å². The fourth-order valence-corrected chi connectivity index (χ4v) is 1.22. The lowest BCUT2D eigenvalue weighted by molar-refractivity contribution is 0.112. The van der Waals surface area contributed by atoms with Gasteiger partial charge >= 0.3 is 0 Å². The van der Waals surface area contributed by atoms with Gasteiger partial charge in [0.25, 0.3) is 0 Å². The smallest absolute Gasteiger partial charge is 0.151 e. The summed E-state index contributed by atoms with van der Waals surface area (Å²) in [6.07, 6.45) is 2.37. The minimum Gasteiger partial charge on any atom is -0.357 e. The predicted molar refractivity (Wildman–Crippen MR) is 46.2 cm³/mol. The molecule has 0 aromatic carbocycles. The van der Waals surface area contributed by atoms with E-state index >= 15 is 0 Å². The molecule has 12 heavy (non-hydrogen) atoms. The highest BCUT2D eigenvalue weighted by atomic mass is 16.1. The zero-order valence-corrected chi connectivity index (χ0v) is 6.66. The molecular weight excluding hydrogens is 152 g/mol. The molecule has 3 heteroatoms. The van der Waals surface area contributed by atoms with Crippen LogP contribution in [0.5, 0.6) is 0 Å². The van der Waals surface area contributed by atoms with Gasteiger partial charge in [0.1, 0.15) is 0 Å². The van der Waals surface area contributed by atoms with Crippen LogP contribution in [-0.2, 0) is 0 Å². The van der Waals surface area contributed by atoms with Crippen LogP contribution in [0.3, 0.4) is 0 Å². The summed E-state index contributed by atoms with van der Waals surface area (Å²) >= 11 is 0. The minimum atomic E-state index is 0.601. The third kappa shape index (κ3) is 0.993. The van der Waals surface area contributed by atoms with Crippen molar-refractivity contribution in [3.05, 3.63) is 29.6 Å². The molecule has 1 N–H and O–H groups in total. The molecule has 0 amide bonds. The molecule has 0 bridgehead atoms. The number of aromatic amines is 1. The molecule has 0 saturated heterocycles. The van der Waals surface area contributed by atoms with E-state index in [4.69, 9.17) is 0 Å². The van der Waals surface area contributed by atoms with E-state index in [2.05, 4.69) is 9.97 Å². The number of nitrogens with zero attached hydrogens (tertiary/aromatic N) is 1. The number of carbonyl (C=O) groups excluding carboxylic acids is 1. The van der Waals surface area contributed by atoms with E-state index in [1.54, 1.807) is 12.3 Å². The molecule has 2 heterocycles. The summed E-state index contributed by atoms with van der Waals surface area (Å²) < 4.78 is 0. The van der Waals surface area contributed by atoms with Crippen molar-refractivity contribution in [2.75, 3.05) is 0 Å². The molecule has 0 aliphatic heterocycles. The maximum Gasteiger partial charge on any atom is 0.151 e. The number of carbonyl (C=O) groups is 1. The number of hydrogen-bond donors (Lipinski definition) is 1. The Morgan fingerprint density at radius 1 is 1.50 bits per heavy atom. The summed E-state index contributed by atoms with van der Waals surface area (Å²) in [6, 6.07) is 3.74. The summed E-state index contributed by atoms with van der Waals surface area (Å²) in [5.74, 6) is 0. The number of aryl methyl sites for hydroxylation is 1. The van der Waals surface area contributed by atoms with Crippen LogP contribution in [-0.4, -0.2) is 16.3 Å². The van der Waals surface area contributed by atoms with Gasteiger partial charge in [0.2, 0.25) is 0 Å². The Morgan fingerprint density at radius 2 is 2.33 bits per heavy atom. The monoisotopic (exact) mass is 160 g/mol. The highest BCUT2D eigenvalue weighted by molar-refractivity contribution is 5.84. The highest BCUT2D eigenvalue weighted by Crippen LogP contribution is 2.12. The molecule has 0 aliphatic carbocycles. The summed E-state index contributed by atoms with van der Waals surface area (Å²) in [7, 11) is 0. The van der Waals surface area contributed by atoms with Gasteiger partial charge in [0.15, 0.2) is 6.29 Å². The quantitative estimate of drug-likeness (QED) is 0.645. The Kier molecular flexibility index (Phi) is 1.43. The van der Waals surface area contributed by atoms with Crippen LogP contribution in [0.15, 0.2) is 18.3 Å². The van der Waals surface area contributed by atoms with Gasteiger partial charge in [0, 0.05) is 17.5 Å². The fourth-order valence-electron chi connectivity index (χ4n) is 1.22. The van der Waals surface area contributed by atoms with Crippen molar-refractivity contribution >= 4 is 17.3 Å². The molecule has 0 spiro atoms. The van der Waals surface area contributed by atoms with Crippen LogP contribution in [0, 0.1) is 6.92 Å². The molecule has 0 fully saturated rings. The second-order valence-corrected chi connectivity index (χ2v) is 2.77. The van der Waals surface area contributed by atoms with Gasteiger partial charge in [-0.05, 0) is 19.1 Å². The van der Waals surface area contributed by atoms with Crippen molar-refractivity contribution in [2.24, 2.45) is 0 Å². The van der Waals surface area contributed by atoms with Gasteiger partial charge in [-0.1, -0.05) is 0 Å². The number of aromatic nitrogens is 2. The van der Waals surface area contributed by atoms with Crippen LogP contribution in [0.4, 0.5) is 0 Å². The first kappa shape index (κ1) is 7.03. The van der Waals surface area contributed by atoms with Crippen molar-refractivity contribution < 1.29 is 4.79 Å². The number of H-pyrrole nitrogens is 1. The number of rotatable bonds is 1. The highest BCUT2D eigenvalue weighted by Gasteiger charge is 1.98. The molecule has 0 radical (unpaired) electrons. The zero-order valence-electron chi connectivity index (χ0n) is 6.66. The summed E-state index contributed by atoms with van der Waals surface area (Å²) in [5, 5.41) is 0. The van der Waals surface area contributed by atoms with E-state index in [0.29, 0.717) is 5.56 Å². The first-order chi connectivity index (χ1) is 5.79. The van der Waals surface area contributed by atoms with E-state index in [9.17, 15) is 4.79 Å². The van der Waals surface area contributed by atoms with Gasteiger partial charge in [-0.3, -0.25) is 9.78 Å². The maximum atomic E-state index is 10.4. The van der Waals surface area contributed by atoms with E-state index < -0.39 is 0 Å². The Morgan fingerprint density at radius 3 is 3.08 bits per heavy atom. The van der Waals surface area contributed by atoms with Crippen LogP contribution >= 0.6 is 0 Å². The molecule has 2 aromatic rings. The average Bonchev–Trinajstić information content (AvgIpc) is 2.43. The first-order valence-electron chi connectivity index (χ1n) is 3.70. The molecule has 60 valence electrons. The van der Waals surface area contributed by atoms with Crippen molar-refractivity contribution in [3.8, 4) is 0 Å². The van der Waals surface area contributed by atoms with Crippen molar-refractivity contribution in [1.29, 1.82) is 0 Å². The Hall–Kier alpha value is -1.64. The normalized spacial score (nSPS) is 10.4. The van der Waals surface area contributed by atoms with Crippen molar-refractivity contribution in [2.45, 2.75) is 6.92 Å². The summed E-state index contributed by atoms with van der Waals surface area (Å²) in [6.45, 7) is 1.96. The van der Waals surface area contributed by atoms with E-state index in [1.165, 1.54) is 0 Å². The van der Waals surface area contributed by atoms with Crippen LogP contribution in [0.1, 0.15) is 16.1 Å². The van der Waals surface area contributed by atoms with Crippen LogP contribution in [0.25, 0.3) is 11.0 Å². The molecule has 2 rings (SSSR count). The number of aldehydes is 1. The molecule has 0 atom stereocenters. The van der Waals surface area contributed by atoms with Gasteiger partial charge in [-0.25, -0.2) is 0 Å². The lowest BCUT2D eigenvalue weighted by atomic mass is 10.3. The third-order valence-electron chi connectivity index (χ3n) is 1.76. The second kappa shape index (κ2) is 2.44. The molecule has 2 aromatic heterocycles. The SMILES string of the molecule is Cc1cc2ncc(C=O)cc2[nH]1. The number of nitrogens with one attached hydrogen (secondary N) is 1. The molecule has 0 saturated carbocycles. The summed E-state index contributed by atoms with van der Waals surface area (Å²) in [5.41, 5.74) is 3.47. The third-order valence-corrected chi connectivity index (χ3v) is 1.76. The maximum absolute atomic E-state index is 10.4. The van der Waals surface area contributed by atoms with Gasteiger partial charge < -0.3 is 4.98 Å². The van der Waals surface area contributed by atoms with E-state index in [-0.39, 0.29) is 0 Å². The second-order valence-electron chi connectivity index (χ2n) is 2.77. The van der Waals surface area contributed by atoms with Gasteiger partial charge in [-0.2, -0.15) is 0 Å². The van der Waals surface area contributed by atoms with Crippen molar-refractivity contribution in [1.82, 2.24) is 9.97 Å². The van der Waals surface area contributed by atoms with Gasteiger partial charge in [-0.15, -0.1) is 0 Å². The predicted octanol–water partition coefficient (Wildman–Crippen LogP) is 1.68. The number of hydrogen-bond acceptors (Lipinski definition) is 2. The number of fused-ring (bicyclic) bond motifs is 1. The lowest BCUT2D eigenvalue weighted by Gasteiger charge is -1.89. The zero-order chi connectivity index (χ0) is 8.55. The molecule has 3 nitrogen and oxygen atoms in total. The van der Waals surface area contributed by atoms with Crippen LogP contribution in [0.2, 0.25) is 0 Å².